The van der Waals surface area contributed by atoms with Crippen LogP contribution in [-0.2, 0) is 4.79 Å². The van der Waals surface area contributed by atoms with Gasteiger partial charge in [-0.05, 0) is 35.9 Å². The lowest BCUT2D eigenvalue weighted by Crippen LogP contribution is -2.19. The molecule has 0 bridgehead atoms. The summed E-state index contributed by atoms with van der Waals surface area (Å²) in [6.07, 6.45) is -0.879. The Hall–Kier alpha value is -3.36. The Balaban J connectivity index is 1.57. The predicted octanol–water partition coefficient (Wildman–Crippen LogP) is 3.75. The molecule has 0 saturated carbocycles. The van der Waals surface area contributed by atoms with Crippen LogP contribution in [0.15, 0.2) is 48.8 Å². The van der Waals surface area contributed by atoms with Gasteiger partial charge in [0.15, 0.2) is 6.61 Å². The van der Waals surface area contributed by atoms with Crippen molar-refractivity contribution in [2.45, 2.75) is 12.6 Å². The molecule has 1 atom stereocenters. The molecule has 3 heterocycles. The Morgan fingerprint density at radius 2 is 1.97 bits per heavy atom. The summed E-state index contributed by atoms with van der Waals surface area (Å²) in [5.74, 6) is 0.625. The van der Waals surface area contributed by atoms with E-state index in [1.165, 1.54) is 12.3 Å². The first-order chi connectivity index (χ1) is 14.4. The molecule has 3 aromatic rings. The second kappa shape index (κ2) is 8.17. The summed E-state index contributed by atoms with van der Waals surface area (Å²) >= 11 is 0. The van der Waals surface area contributed by atoms with Crippen LogP contribution >= 0.6 is 0 Å². The van der Waals surface area contributed by atoms with Gasteiger partial charge in [0.1, 0.15) is 5.75 Å². The Labute approximate surface area is 170 Å². The van der Waals surface area contributed by atoms with Gasteiger partial charge in [0.2, 0.25) is 11.8 Å². The second-order valence-electron chi connectivity index (χ2n) is 7.02. The summed E-state index contributed by atoms with van der Waals surface area (Å²) in [5.41, 5.74) is 2.15. The molecule has 1 fully saturated rings. The number of nitrogens with zero attached hydrogens (tertiary/aromatic N) is 2. The first-order valence-electron chi connectivity index (χ1n) is 9.32. The third kappa shape index (κ3) is 4.79. The van der Waals surface area contributed by atoms with Crippen LogP contribution in [0.3, 0.4) is 0 Å². The van der Waals surface area contributed by atoms with Crippen LogP contribution in [-0.4, -0.2) is 41.8 Å². The Morgan fingerprint density at radius 1 is 1.10 bits per heavy atom. The molecule has 1 N–H and O–H groups in total. The maximum absolute atomic E-state index is 12.3. The summed E-state index contributed by atoms with van der Waals surface area (Å²) in [7, 11) is 0. The number of amides is 1. The van der Waals surface area contributed by atoms with Gasteiger partial charge in [-0.3, -0.25) is 9.78 Å². The van der Waals surface area contributed by atoms with Gasteiger partial charge >= 0.3 is 6.18 Å². The van der Waals surface area contributed by atoms with Crippen molar-refractivity contribution < 1.29 is 27.4 Å². The molecule has 0 unspecified atom stereocenters. The van der Waals surface area contributed by atoms with E-state index in [0.29, 0.717) is 36.4 Å². The fraction of sp³-hybridized carbons (Fsp3) is 0.286. The average Bonchev–Trinajstić information content (AvgIpc) is 3.15. The number of fused-ring (bicyclic) bond motifs is 1. The molecule has 156 valence electrons. The lowest BCUT2D eigenvalue weighted by molar-refractivity contribution is -0.154. The highest BCUT2D eigenvalue weighted by Crippen LogP contribution is 2.32. The van der Waals surface area contributed by atoms with E-state index in [1.54, 1.807) is 12.3 Å². The van der Waals surface area contributed by atoms with Gasteiger partial charge in [-0.2, -0.15) is 13.2 Å². The van der Waals surface area contributed by atoms with Crippen molar-refractivity contribution in [1.29, 1.82) is 0 Å². The summed E-state index contributed by atoms with van der Waals surface area (Å²) in [4.78, 5) is 19.7. The third-order valence-electron chi connectivity index (χ3n) is 4.67. The van der Waals surface area contributed by atoms with Crippen molar-refractivity contribution in [3.63, 3.8) is 0 Å². The molecule has 4 rings (SSSR count). The van der Waals surface area contributed by atoms with Crippen molar-refractivity contribution in [2.24, 2.45) is 5.92 Å². The average molecular weight is 417 g/mol. The number of carbonyl (C=O) groups is 1. The fourth-order valence-corrected chi connectivity index (χ4v) is 3.22. The van der Waals surface area contributed by atoms with Crippen LogP contribution in [0.4, 0.5) is 13.2 Å². The monoisotopic (exact) mass is 417 g/mol. The van der Waals surface area contributed by atoms with E-state index in [4.69, 9.17) is 4.74 Å². The van der Waals surface area contributed by atoms with E-state index in [0.717, 1.165) is 10.9 Å². The van der Waals surface area contributed by atoms with Gasteiger partial charge in [0.05, 0.1) is 12.1 Å². The molecule has 0 radical (unpaired) electrons. The molecule has 0 spiro atoms. The molecule has 1 saturated heterocycles. The quantitative estimate of drug-likeness (QED) is 0.661. The zero-order chi connectivity index (χ0) is 21.1. The number of aromatic nitrogens is 2. The third-order valence-corrected chi connectivity index (χ3v) is 4.67. The summed E-state index contributed by atoms with van der Waals surface area (Å²) in [5, 5.41) is 3.61. The second-order valence-corrected chi connectivity index (χ2v) is 7.02. The van der Waals surface area contributed by atoms with Crippen LogP contribution in [0.25, 0.3) is 22.0 Å². The Bertz CT molecular complexity index is 1050. The van der Waals surface area contributed by atoms with Crippen molar-refractivity contribution >= 4 is 16.8 Å². The van der Waals surface area contributed by atoms with Gasteiger partial charge < -0.3 is 14.8 Å². The van der Waals surface area contributed by atoms with E-state index >= 15 is 0 Å². The molecule has 1 aliphatic heterocycles. The number of alkyl halides is 3. The topological polar surface area (TPSA) is 73.3 Å². The first kappa shape index (κ1) is 19.9. The zero-order valence-corrected chi connectivity index (χ0v) is 15.8. The normalized spacial score (nSPS) is 16.5. The van der Waals surface area contributed by atoms with Gasteiger partial charge in [0.25, 0.3) is 0 Å². The van der Waals surface area contributed by atoms with E-state index in [-0.39, 0.29) is 17.7 Å². The Kier molecular flexibility index (Phi) is 5.43. The minimum atomic E-state index is -4.42. The maximum atomic E-state index is 12.3. The molecular formula is C21H18F3N3O3. The molecule has 6 nitrogen and oxygen atoms in total. The van der Waals surface area contributed by atoms with Gasteiger partial charge in [-0.1, -0.05) is 0 Å². The molecular weight excluding hydrogens is 399 g/mol. The number of rotatable bonds is 6. The Morgan fingerprint density at radius 3 is 2.67 bits per heavy atom. The molecule has 1 aliphatic rings. The number of carbonyl (C=O) groups excluding carboxylic acids is 1. The lowest BCUT2D eigenvalue weighted by Gasteiger charge is -2.14. The molecule has 1 amide bonds. The van der Waals surface area contributed by atoms with Crippen LogP contribution in [0.2, 0.25) is 0 Å². The number of ether oxygens (including phenoxy) is 2. The van der Waals surface area contributed by atoms with Crippen molar-refractivity contribution in [1.82, 2.24) is 15.3 Å². The fourth-order valence-electron chi connectivity index (χ4n) is 3.22. The number of hydrogen-bond donors (Lipinski definition) is 1. The van der Waals surface area contributed by atoms with Gasteiger partial charge in [-0.25, -0.2) is 4.98 Å². The molecule has 30 heavy (non-hydrogen) atoms. The number of nitrogens with one attached hydrogen (secondary N) is 1. The number of hydrogen-bond acceptors (Lipinski definition) is 5. The number of benzene rings is 1. The number of pyridine rings is 2. The zero-order valence-electron chi connectivity index (χ0n) is 15.8. The van der Waals surface area contributed by atoms with Crippen LogP contribution in [0.5, 0.6) is 11.6 Å². The maximum Gasteiger partial charge on any atom is 0.422 e. The largest absolute Gasteiger partial charge is 0.492 e. The highest BCUT2D eigenvalue weighted by Gasteiger charge is 2.28. The highest BCUT2D eigenvalue weighted by atomic mass is 19.4. The summed E-state index contributed by atoms with van der Waals surface area (Å²) in [6.45, 7) is -0.428. The summed E-state index contributed by atoms with van der Waals surface area (Å²) in [6, 6.07) is 10.4. The lowest BCUT2D eigenvalue weighted by atomic mass is 10.0. The summed E-state index contributed by atoms with van der Waals surface area (Å²) < 4.78 is 47.5. The standard InChI is InChI=1S/C21H18F3N3O3/c22-21(23,24)12-30-20-4-3-14(10-27-20)15-7-17-16(2-1-5-25-17)18(8-15)29-11-13-6-19(28)26-9-13/h1-5,7-8,10,13H,6,9,11-12H2,(H,26,28)/t13-/m1/s1. The van der Waals surface area contributed by atoms with Crippen molar-refractivity contribution in [3.05, 3.63) is 48.8 Å². The highest BCUT2D eigenvalue weighted by molar-refractivity contribution is 5.90. The molecule has 9 heteroatoms. The van der Waals surface area contributed by atoms with Crippen LogP contribution in [0, 0.1) is 5.92 Å². The van der Waals surface area contributed by atoms with E-state index in [9.17, 15) is 18.0 Å². The van der Waals surface area contributed by atoms with Crippen molar-refractivity contribution in [2.75, 3.05) is 19.8 Å². The van der Waals surface area contributed by atoms with E-state index < -0.39 is 12.8 Å². The van der Waals surface area contributed by atoms with E-state index in [1.807, 2.05) is 24.3 Å². The predicted molar refractivity (Wildman–Crippen MR) is 103 cm³/mol. The number of halogens is 3. The van der Waals surface area contributed by atoms with E-state index in [2.05, 4.69) is 20.0 Å². The van der Waals surface area contributed by atoms with Crippen molar-refractivity contribution in [3.8, 4) is 22.8 Å². The SMILES string of the molecule is O=C1C[C@@H](COc2cc(-c3ccc(OCC(F)(F)F)nc3)cc3ncccc23)CN1. The smallest absolute Gasteiger partial charge is 0.422 e. The van der Waals surface area contributed by atoms with Gasteiger partial charge in [-0.15, -0.1) is 0 Å². The van der Waals surface area contributed by atoms with Crippen LogP contribution < -0.4 is 14.8 Å². The molecule has 2 aromatic heterocycles. The van der Waals surface area contributed by atoms with Gasteiger partial charge in [0, 0.05) is 48.3 Å². The first-order valence-corrected chi connectivity index (χ1v) is 9.32. The molecule has 0 aliphatic carbocycles. The minimum absolute atomic E-state index is 0.0165. The van der Waals surface area contributed by atoms with Crippen LogP contribution in [0.1, 0.15) is 6.42 Å². The molecule has 1 aromatic carbocycles. The minimum Gasteiger partial charge on any atom is -0.492 e.